The molecule has 2 heterocycles. The second kappa shape index (κ2) is 7.63. The number of hydrogen-bond donors (Lipinski definition) is 1. The number of carbonyl (C=O) groups is 3. The summed E-state index contributed by atoms with van der Waals surface area (Å²) < 4.78 is 10.9. The minimum atomic E-state index is -0.781. The molecular formula is C22H18N2O5. The fraction of sp³-hybridized carbons (Fsp3) is 0.136. The predicted molar refractivity (Wildman–Crippen MR) is 106 cm³/mol. The van der Waals surface area contributed by atoms with Crippen molar-refractivity contribution in [2.45, 2.75) is 13.5 Å². The van der Waals surface area contributed by atoms with Gasteiger partial charge < -0.3 is 9.15 Å². The van der Waals surface area contributed by atoms with Crippen LogP contribution in [0, 0.1) is 0 Å². The molecule has 0 aliphatic carbocycles. The predicted octanol–water partition coefficient (Wildman–Crippen LogP) is 3.49. The molecule has 0 bridgehead atoms. The normalized spacial score (nSPS) is 15.8. The van der Waals surface area contributed by atoms with Gasteiger partial charge in [0, 0.05) is 5.56 Å². The molecule has 7 heteroatoms. The fourth-order valence-electron chi connectivity index (χ4n) is 3.25. The largest absolute Gasteiger partial charge is 0.493 e. The molecule has 2 aromatic carbocycles. The summed E-state index contributed by atoms with van der Waals surface area (Å²) >= 11 is 0. The number of benzene rings is 2. The van der Waals surface area contributed by atoms with E-state index in [1.54, 1.807) is 18.2 Å². The summed E-state index contributed by atoms with van der Waals surface area (Å²) in [7, 11) is 0. The first-order valence-corrected chi connectivity index (χ1v) is 9.14. The third-order valence-corrected chi connectivity index (χ3v) is 4.60. The van der Waals surface area contributed by atoms with Gasteiger partial charge in [0.05, 0.1) is 19.4 Å². The van der Waals surface area contributed by atoms with E-state index in [9.17, 15) is 14.4 Å². The Morgan fingerprint density at radius 1 is 1.07 bits per heavy atom. The van der Waals surface area contributed by atoms with Crippen LogP contribution in [0.15, 0.2) is 64.8 Å². The van der Waals surface area contributed by atoms with E-state index in [-0.39, 0.29) is 12.1 Å². The highest BCUT2D eigenvalue weighted by Crippen LogP contribution is 2.31. The minimum absolute atomic E-state index is 0.0733. The van der Waals surface area contributed by atoms with E-state index in [0.717, 1.165) is 15.7 Å². The second-order valence-corrected chi connectivity index (χ2v) is 6.42. The van der Waals surface area contributed by atoms with E-state index in [1.165, 1.54) is 12.3 Å². The Hall–Kier alpha value is -3.87. The molecular weight excluding hydrogens is 372 g/mol. The molecule has 0 saturated carbocycles. The molecule has 3 aromatic rings. The fourth-order valence-corrected chi connectivity index (χ4v) is 3.25. The van der Waals surface area contributed by atoms with E-state index in [2.05, 4.69) is 5.32 Å². The summed E-state index contributed by atoms with van der Waals surface area (Å²) in [5.74, 6) is -0.451. The van der Waals surface area contributed by atoms with Crippen molar-refractivity contribution in [3.63, 3.8) is 0 Å². The monoisotopic (exact) mass is 390 g/mol. The molecule has 1 aliphatic rings. The highest BCUT2D eigenvalue weighted by Gasteiger charge is 2.36. The molecule has 0 atom stereocenters. The number of nitrogens with one attached hydrogen (secondary N) is 1. The minimum Gasteiger partial charge on any atom is -0.493 e. The highest BCUT2D eigenvalue weighted by atomic mass is 16.5. The van der Waals surface area contributed by atoms with Crippen molar-refractivity contribution in [3.8, 4) is 5.75 Å². The molecule has 0 spiro atoms. The Balaban J connectivity index is 1.80. The van der Waals surface area contributed by atoms with Gasteiger partial charge >= 0.3 is 6.03 Å². The Bertz CT molecular complexity index is 1130. The van der Waals surface area contributed by atoms with Gasteiger partial charge in [-0.25, -0.2) is 4.79 Å². The smallest absolute Gasteiger partial charge is 0.331 e. The van der Waals surface area contributed by atoms with Crippen molar-refractivity contribution in [3.05, 3.63) is 71.7 Å². The van der Waals surface area contributed by atoms with Crippen molar-refractivity contribution >= 4 is 34.7 Å². The lowest BCUT2D eigenvalue weighted by atomic mass is 10.00. The maximum absolute atomic E-state index is 13.0. The number of hydrogen-bond acceptors (Lipinski definition) is 5. The molecule has 4 rings (SSSR count). The molecule has 1 fully saturated rings. The third-order valence-electron chi connectivity index (χ3n) is 4.60. The first-order valence-electron chi connectivity index (χ1n) is 9.14. The van der Waals surface area contributed by atoms with Gasteiger partial charge in [-0.15, -0.1) is 0 Å². The summed E-state index contributed by atoms with van der Waals surface area (Å²) in [6.45, 7) is 2.21. The summed E-state index contributed by atoms with van der Waals surface area (Å²) in [6.07, 6.45) is 2.93. The quantitative estimate of drug-likeness (QED) is 0.532. The maximum atomic E-state index is 13.0. The molecule has 29 heavy (non-hydrogen) atoms. The van der Waals surface area contributed by atoms with Crippen LogP contribution in [-0.4, -0.2) is 29.4 Å². The van der Waals surface area contributed by atoms with Crippen LogP contribution in [0.2, 0.25) is 0 Å². The molecule has 1 aromatic heterocycles. The number of imide groups is 2. The number of carbonyl (C=O) groups excluding carboxylic acids is 3. The summed E-state index contributed by atoms with van der Waals surface area (Å²) in [5, 5.41) is 3.99. The first kappa shape index (κ1) is 18.5. The average Bonchev–Trinajstić information content (AvgIpc) is 3.23. The summed E-state index contributed by atoms with van der Waals surface area (Å²) in [5.41, 5.74) is 0.462. The number of ether oxygens (including phenoxy) is 1. The van der Waals surface area contributed by atoms with Crippen molar-refractivity contribution in [2.75, 3.05) is 6.61 Å². The zero-order valence-corrected chi connectivity index (χ0v) is 15.7. The number of urea groups is 1. The Morgan fingerprint density at radius 3 is 2.66 bits per heavy atom. The lowest BCUT2D eigenvalue weighted by molar-refractivity contribution is -0.130. The molecule has 0 unspecified atom stereocenters. The Morgan fingerprint density at radius 2 is 1.90 bits per heavy atom. The van der Waals surface area contributed by atoms with Gasteiger partial charge in [0.15, 0.2) is 0 Å². The summed E-state index contributed by atoms with van der Waals surface area (Å²) in [4.78, 5) is 38.6. The van der Waals surface area contributed by atoms with Crippen LogP contribution in [-0.2, 0) is 16.1 Å². The Labute approximate surface area is 166 Å². The van der Waals surface area contributed by atoms with Crippen LogP contribution in [0.25, 0.3) is 16.8 Å². The lowest BCUT2D eigenvalue weighted by Crippen LogP contribution is -2.53. The van der Waals surface area contributed by atoms with Crippen LogP contribution in [0.4, 0.5) is 4.79 Å². The number of barbiturate groups is 1. The number of nitrogens with zero attached hydrogens (tertiary/aromatic N) is 1. The van der Waals surface area contributed by atoms with Gasteiger partial charge in [-0.2, -0.15) is 0 Å². The van der Waals surface area contributed by atoms with E-state index < -0.39 is 17.8 Å². The Kier molecular flexibility index (Phi) is 4.87. The van der Waals surface area contributed by atoms with Crippen molar-refractivity contribution in [1.29, 1.82) is 0 Å². The number of rotatable bonds is 5. The van der Waals surface area contributed by atoms with Gasteiger partial charge in [-0.3, -0.25) is 19.8 Å². The van der Waals surface area contributed by atoms with E-state index in [4.69, 9.17) is 9.15 Å². The van der Waals surface area contributed by atoms with Crippen LogP contribution in [0.5, 0.6) is 5.75 Å². The molecule has 0 radical (unpaired) electrons. The van der Waals surface area contributed by atoms with Gasteiger partial charge in [0.1, 0.15) is 17.1 Å². The topological polar surface area (TPSA) is 88.8 Å². The molecule has 1 aliphatic heterocycles. The van der Waals surface area contributed by atoms with Crippen molar-refractivity contribution in [1.82, 2.24) is 10.2 Å². The highest BCUT2D eigenvalue weighted by molar-refractivity contribution is 6.31. The maximum Gasteiger partial charge on any atom is 0.331 e. The van der Waals surface area contributed by atoms with Crippen LogP contribution < -0.4 is 10.1 Å². The van der Waals surface area contributed by atoms with Crippen LogP contribution in [0.1, 0.15) is 18.2 Å². The average molecular weight is 390 g/mol. The van der Waals surface area contributed by atoms with Gasteiger partial charge in [-0.1, -0.05) is 30.3 Å². The van der Waals surface area contributed by atoms with Crippen molar-refractivity contribution < 1.29 is 23.5 Å². The van der Waals surface area contributed by atoms with E-state index in [0.29, 0.717) is 23.7 Å². The lowest BCUT2D eigenvalue weighted by Gasteiger charge is -2.25. The van der Waals surface area contributed by atoms with Crippen LogP contribution >= 0.6 is 0 Å². The van der Waals surface area contributed by atoms with Gasteiger partial charge in [0.25, 0.3) is 11.8 Å². The summed E-state index contributed by atoms with van der Waals surface area (Å²) in [6, 6.07) is 13.8. The zero-order valence-electron chi connectivity index (χ0n) is 15.7. The van der Waals surface area contributed by atoms with Crippen molar-refractivity contribution in [2.24, 2.45) is 0 Å². The molecule has 1 N–H and O–H groups in total. The molecule has 4 amide bonds. The second-order valence-electron chi connectivity index (χ2n) is 6.42. The zero-order chi connectivity index (χ0) is 20.4. The standard InChI is InChI=1S/C22H18N2O5/c1-2-28-19-10-9-14-6-3-4-8-16(14)17(19)12-18-20(25)23-22(27)24(21(18)26)13-15-7-5-11-29-15/h3-12H,2,13H2,1H3,(H,23,25,27). The molecule has 7 nitrogen and oxygen atoms in total. The van der Waals surface area contributed by atoms with Crippen LogP contribution in [0.3, 0.4) is 0 Å². The van der Waals surface area contributed by atoms with Gasteiger partial charge in [-0.05, 0) is 42.0 Å². The number of furan rings is 1. The third kappa shape index (κ3) is 3.50. The van der Waals surface area contributed by atoms with E-state index >= 15 is 0 Å². The molecule has 146 valence electrons. The number of amides is 4. The molecule has 1 saturated heterocycles. The van der Waals surface area contributed by atoms with E-state index in [1.807, 2.05) is 37.3 Å². The first-order chi connectivity index (χ1) is 14.1. The SMILES string of the molecule is CCOc1ccc2ccccc2c1C=C1C(=O)NC(=O)N(Cc2ccco2)C1=O. The number of fused-ring (bicyclic) bond motifs is 1. The van der Waals surface area contributed by atoms with Gasteiger partial charge in [0.2, 0.25) is 0 Å².